The summed E-state index contributed by atoms with van der Waals surface area (Å²) < 4.78 is 5.44. The summed E-state index contributed by atoms with van der Waals surface area (Å²) in [5, 5.41) is 7.90. The fourth-order valence-electron chi connectivity index (χ4n) is 2.52. The average Bonchev–Trinajstić information content (AvgIpc) is 3.08. The van der Waals surface area contributed by atoms with Crippen molar-refractivity contribution in [3.05, 3.63) is 52.2 Å². The highest BCUT2D eigenvalue weighted by Gasteiger charge is 2.18. The second kappa shape index (κ2) is 9.30. The lowest BCUT2D eigenvalue weighted by Crippen LogP contribution is -2.41. The van der Waals surface area contributed by atoms with Crippen LogP contribution in [0.4, 0.5) is 4.79 Å². The summed E-state index contributed by atoms with van der Waals surface area (Å²) in [7, 11) is 5.65. The minimum absolute atomic E-state index is 0.0456. The van der Waals surface area contributed by atoms with E-state index >= 15 is 0 Å². The highest BCUT2D eigenvalue weighted by atomic mass is 32.1. The number of methoxy groups -OCH3 is 1. The minimum Gasteiger partial charge on any atom is -0.496 e. The summed E-state index contributed by atoms with van der Waals surface area (Å²) in [5.74, 6) is 0.830. The van der Waals surface area contributed by atoms with Gasteiger partial charge in [-0.15, -0.1) is 11.3 Å². The molecule has 0 aliphatic rings. The van der Waals surface area contributed by atoms with Gasteiger partial charge in [-0.3, -0.25) is 0 Å². The number of carbonyl (C=O) groups excluding carboxylic acids is 1. The number of thiophene rings is 1. The van der Waals surface area contributed by atoms with Crippen molar-refractivity contribution >= 4 is 17.4 Å². The maximum atomic E-state index is 12.0. The van der Waals surface area contributed by atoms with Gasteiger partial charge in [0.05, 0.1) is 13.2 Å². The molecule has 0 aliphatic heterocycles. The van der Waals surface area contributed by atoms with Crippen molar-refractivity contribution in [2.24, 2.45) is 0 Å². The van der Waals surface area contributed by atoms with Crippen molar-refractivity contribution in [3.63, 3.8) is 0 Å². The SMILES string of the molecule is COc1ccccc1C(CNC(=O)NCCc1cccs1)N(C)C. The number of hydrogen-bond donors (Lipinski definition) is 2. The topological polar surface area (TPSA) is 53.6 Å². The van der Waals surface area contributed by atoms with Crippen LogP contribution >= 0.6 is 11.3 Å². The molecule has 0 saturated carbocycles. The maximum Gasteiger partial charge on any atom is 0.314 e. The Kier molecular flexibility index (Phi) is 7.08. The predicted octanol–water partition coefficient (Wildman–Crippen LogP) is 2.90. The van der Waals surface area contributed by atoms with E-state index in [9.17, 15) is 4.79 Å². The first-order chi connectivity index (χ1) is 11.6. The number of para-hydroxylation sites is 1. The van der Waals surface area contributed by atoms with E-state index < -0.39 is 0 Å². The van der Waals surface area contributed by atoms with Crippen LogP contribution in [0.1, 0.15) is 16.5 Å². The number of hydrogen-bond acceptors (Lipinski definition) is 4. The molecule has 0 fully saturated rings. The summed E-state index contributed by atoms with van der Waals surface area (Å²) in [6, 6.07) is 11.9. The van der Waals surface area contributed by atoms with Crippen LogP contribution < -0.4 is 15.4 Å². The van der Waals surface area contributed by atoms with Crippen molar-refractivity contribution in [2.75, 3.05) is 34.3 Å². The molecule has 2 aromatic rings. The molecular weight excluding hydrogens is 322 g/mol. The Balaban J connectivity index is 1.85. The van der Waals surface area contributed by atoms with E-state index in [0.29, 0.717) is 13.1 Å². The van der Waals surface area contributed by atoms with Gasteiger partial charge in [0.15, 0.2) is 0 Å². The van der Waals surface area contributed by atoms with Crippen LogP contribution in [0.2, 0.25) is 0 Å². The van der Waals surface area contributed by atoms with Crippen molar-refractivity contribution in [1.82, 2.24) is 15.5 Å². The standard InChI is InChI=1S/C18H25N3O2S/c1-21(2)16(15-8-4-5-9-17(15)23-3)13-20-18(22)19-11-10-14-7-6-12-24-14/h4-9,12,16H,10-11,13H2,1-3H3,(H2,19,20,22). The highest BCUT2D eigenvalue weighted by molar-refractivity contribution is 7.09. The number of rotatable bonds is 8. The summed E-state index contributed by atoms with van der Waals surface area (Å²) in [6.45, 7) is 1.14. The molecule has 1 aromatic carbocycles. The van der Waals surface area contributed by atoms with Crippen molar-refractivity contribution in [3.8, 4) is 5.75 Å². The Morgan fingerprint density at radius 2 is 2.00 bits per heavy atom. The summed E-state index contributed by atoms with van der Waals surface area (Å²) in [5.41, 5.74) is 1.06. The van der Waals surface area contributed by atoms with Crippen LogP contribution in [0.25, 0.3) is 0 Å². The first-order valence-corrected chi connectivity index (χ1v) is 8.83. The third-order valence-corrected chi connectivity index (χ3v) is 4.75. The summed E-state index contributed by atoms with van der Waals surface area (Å²) in [6.07, 6.45) is 0.856. The number of amides is 2. The molecule has 0 radical (unpaired) electrons. The van der Waals surface area contributed by atoms with Gasteiger partial charge in [-0.1, -0.05) is 24.3 Å². The number of nitrogens with zero attached hydrogens (tertiary/aromatic N) is 1. The second-order valence-electron chi connectivity index (χ2n) is 5.69. The number of ether oxygens (including phenoxy) is 1. The van der Waals surface area contributed by atoms with Crippen LogP contribution in [0, 0.1) is 0 Å². The van der Waals surface area contributed by atoms with E-state index in [1.165, 1.54) is 4.88 Å². The van der Waals surface area contributed by atoms with Crippen LogP contribution in [0.3, 0.4) is 0 Å². The molecule has 6 heteroatoms. The van der Waals surface area contributed by atoms with E-state index in [4.69, 9.17) is 4.74 Å². The molecule has 1 unspecified atom stereocenters. The molecule has 0 aliphatic carbocycles. The van der Waals surface area contributed by atoms with Gasteiger partial charge in [-0.05, 0) is 38.0 Å². The van der Waals surface area contributed by atoms with Crippen molar-refractivity contribution in [2.45, 2.75) is 12.5 Å². The average molecular weight is 347 g/mol. The molecule has 1 aromatic heterocycles. The molecule has 2 rings (SSSR count). The smallest absolute Gasteiger partial charge is 0.314 e. The van der Waals surface area contributed by atoms with E-state index in [1.54, 1.807) is 18.4 Å². The van der Waals surface area contributed by atoms with Gasteiger partial charge >= 0.3 is 6.03 Å². The normalized spacial score (nSPS) is 12.0. The van der Waals surface area contributed by atoms with Gasteiger partial charge in [0.25, 0.3) is 0 Å². The fraction of sp³-hybridized carbons (Fsp3) is 0.389. The predicted molar refractivity (Wildman–Crippen MR) is 98.8 cm³/mol. The Morgan fingerprint density at radius 3 is 2.67 bits per heavy atom. The Labute approximate surface area is 147 Å². The van der Waals surface area contributed by atoms with Crippen molar-refractivity contribution in [1.29, 1.82) is 0 Å². The van der Waals surface area contributed by atoms with Crippen LogP contribution in [0.15, 0.2) is 41.8 Å². The zero-order chi connectivity index (χ0) is 17.4. The lowest BCUT2D eigenvalue weighted by Gasteiger charge is -2.26. The van der Waals surface area contributed by atoms with E-state index in [1.807, 2.05) is 49.8 Å². The van der Waals surface area contributed by atoms with Crippen LogP contribution in [-0.2, 0) is 6.42 Å². The third kappa shape index (κ3) is 5.25. The molecule has 24 heavy (non-hydrogen) atoms. The van der Waals surface area contributed by atoms with Gasteiger partial charge in [-0.25, -0.2) is 4.79 Å². The van der Waals surface area contributed by atoms with E-state index in [-0.39, 0.29) is 12.1 Å². The van der Waals surface area contributed by atoms with Gasteiger partial charge < -0.3 is 20.3 Å². The molecule has 2 amide bonds. The van der Waals surface area contributed by atoms with E-state index in [0.717, 1.165) is 17.7 Å². The van der Waals surface area contributed by atoms with Crippen LogP contribution in [0.5, 0.6) is 5.75 Å². The molecule has 1 atom stereocenters. The first-order valence-electron chi connectivity index (χ1n) is 7.95. The molecule has 2 N–H and O–H groups in total. The van der Waals surface area contributed by atoms with E-state index in [2.05, 4.69) is 21.6 Å². The quantitative estimate of drug-likeness (QED) is 0.772. The number of nitrogens with one attached hydrogen (secondary N) is 2. The number of carbonyl (C=O) groups is 1. The number of urea groups is 1. The van der Waals surface area contributed by atoms with Gasteiger partial charge in [0.1, 0.15) is 5.75 Å². The maximum absolute atomic E-state index is 12.0. The third-order valence-electron chi connectivity index (χ3n) is 3.81. The van der Waals surface area contributed by atoms with Crippen LogP contribution in [-0.4, -0.2) is 45.2 Å². The lowest BCUT2D eigenvalue weighted by atomic mass is 10.0. The first kappa shape index (κ1) is 18.3. The Morgan fingerprint density at radius 1 is 1.21 bits per heavy atom. The molecule has 0 spiro atoms. The Hall–Kier alpha value is -2.05. The second-order valence-corrected chi connectivity index (χ2v) is 6.72. The molecule has 130 valence electrons. The zero-order valence-electron chi connectivity index (χ0n) is 14.4. The lowest BCUT2D eigenvalue weighted by molar-refractivity contribution is 0.232. The molecular formula is C18H25N3O2S. The number of likely N-dealkylation sites (N-methyl/N-ethyl adjacent to an activating group) is 1. The van der Waals surface area contributed by atoms with Crippen molar-refractivity contribution < 1.29 is 9.53 Å². The fourth-order valence-corrected chi connectivity index (χ4v) is 3.23. The summed E-state index contributed by atoms with van der Waals surface area (Å²) in [4.78, 5) is 15.4. The minimum atomic E-state index is -0.145. The zero-order valence-corrected chi connectivity index (χ0v) is 15.2. The summed E-state index contributed by atoms with van der Waals surface area (Å²) >= 11 is 1.71. The van der Waals surface area contributed by atoms with Gasteiger partial charge in [0.2, 0.25) is 0 Å². The number of benzene rings is 1. The highest BCUT2D eigenvalue weighted by Crippen LogP contribution is 2.27. The largest absolute Gasteiger partial charge is 0.496 e. The van der Waals surface area contributed by atoms with Gasteiger partial charge in [-0.2, -0.15) is 0 Å². The monoisotopic (exact) mass is 347 g/mol. The molecule has 5 nitrogen and oxygen atoms in total. The Bertz CT molecular complexity index is 629. The van der Waals surface area contributed by atoms with Gasteiger partial charge in [0, 0.05) is 23.5 Å². The molecule has 1 heterocycles. The molecule has 0 bridgehead atoms. The molecule has 0 saturated heterocycles.